The molecular formula is C16H16BrClN2O. The quantitative estimate of drug-likeness (QED) is 0.842. The molecule has 0 spiro atoms. The van der Waals surface area contributed by atoms with Crippen LogP contribution in [0.2, 0.25) is 5.02 Å². The lowest BCUT2D eigenvalue weighted by Crippen LogP contribution is -2.18. The van der Waals surface area contributed by atoms with E-state index in [2.05, 4.69) is 51.7 Å². The number of carbonyl (C=O) groups excluding carboxylic acids is 1. The molecule has 0 aromatic heterocycles. The molecule has 2 N–H and O–H groups in total. The lowest BCUT2D eigenvalue weighted by molar-refractivity contribution is 0.0963. The van der Waals surface area contributed by atoms with Crippen molar-refractivity contribution in [3.8, 4) is 0 Å². The largest absolute Gasteiger partial charge is 0.381 e. The van der Waals surface area contributed by atoms with Gasteiger partial charge in [-0.15, -0.1) is 0 Å². The second-order valence-corrected chi connectivity index (χ2v) is 5.97. The van der Waals surface area contributed by atoms with Crippen molar-refractivity contribution in [2.45, 2.75) is 13.5 Å². The number of rotatable bonds is 4. The normalized spacial score (nSPS) is 10.3. The van der Waals surface area contributed by atoms with Crippen molar-refractivity contribution < 1.29 is 4.79 Å². The number of anilines is 1. The van der Waals surface area contributed by atoms with Crippen molar-refractivity contribution >= 4 is 39.1 Å². The van der Waals surface area contributed by atoms with Gasteiger partial charge in [0, 0.05) is 23.8 Å². The summed E-state index contributed by atoms with van der Waals surface area (Å²) in [6, 6.07) is 11.6. The maximum Gasteiger partial charge on any atom is 0.252 e. The van der Waals surface area contributed by atoms with E-state index in [4.69, 9.17) is 11.6 Å². The molecule has 2 aromatic carbocycles. The Balaban J connectivity index is 2.13. The molecule has 1 amide bonds. The van der Waals surface area contributed by atoms with Gasteiger partial charge in [0.2, 0.25) is 0 Å². The third-order valence-corrected chi connectivity index (χ3v) is 4.35. The van der Waals surface area contributed by atoms with E-state index in [-0.39, 0.29) is 5.91 Å². The van der Waals surface area contributed by atoms with Crippen molar-refractivity contribution in [1.29, 1.82) is 0 Å². The fraction of sp³-hybridized carbons (Fsp3) is 0.188. The molecule has 0 aliphatic carbocycles. The van der Waals surface area contributed by atoms with Crippen LogP contribution in [-0.2, 0) is 6.54 Å². The summed E-state index contributed by atoms with van der Waals surface area (Å²) < 4.78 is 1.09. The van der Waals surface area contributed by atoms with Crippen LogP contribution in [0.3, 0.4) is 0 Å². The smallest absolute Gasteiger partial charge is 0.252 e. The molecule has 5 heteroatoms. The highest BCUT2D eigenvalue weighted by molar-refractivity contribution is 9.10. The van der Waals surface area contributed by atoms with Crippen LogP contribution in [0, 0.1) is 6.92 Å². The number of halogens is 2. The van der Waals surface area contributed by atoms with E-state index in [0.29, 0.717) is 17.1 Å². The summed E-state index contributed by atoms with van der Waals surface area (Å²) in [6.07, 6.45) is 0. The highest BCUT2D eigenvalue weighted by Crippen LogP contribution is 2.22. The van der Waals surface area contributed by atoms with Gasteiger partial charge in [-0.3, -0.25) is 4.79 Å². The molecule has 0 atom stereocenters. The van der Waals surface area contributed by atoms with Crippen LogP contribution in [0.1, 0.15) is 21.5 Å². The summed E-state index contributed by atoms with van der Waals surface area (Å²) in [5, 5.41) is 6.32. The molecule has 21 heavy (non-hydrogen) atoms. The van der Waals surface area contributed by atoms with Crippen molar-refractivity contribution in [1.82, 2.24) is 5.32 Å². The first kappa shape index (κ1) is 15.9. The van der Waals surface area contributed by atoms with Gasteiger partial charge in [-0.25, -0.2) is 0 Å². The predicted octanol–water partition coefficient (Wildman–Crippen LogP) is 4.38. The highest BCUT2D eigenvalue weighted by atomic mass is 79.9. The molecule has 0 fully saturated rings. The fourth-order valence-corrected chi connectivity index (χ4v) is 2.52. The van der Waals surface area contributed by atoms with Gasteiger partial charge in [-0.2, -0.15) is 0 Å². The number of hydrogen-bond donors (Lipinski definition) is 2. The Bertz CT molecular complexity index is 673. The summed E-state index contributed by atoms with van der Waals surface area (Å²) in [5.74, 6) is -0.193. The maximum absolute atomic E-state index is 11.7. The van der Waals surface area contributed by atoms with E-state index in [0.717, 1.165) is 15.7 Å². The average Bonchev–Trinajstić information content (AvgIpc) is 2.49. The minimum absolute atomic E-state index is 0.193. The lowest BCUT2D eigenvalue weighted by atomic mass is 10.1. The van der Waals surface area contributed by atoms with Crippen LogP contribution in [0.25, 0.3) is 0 Å². The van der Waals surface area contributed by atoms with E-state index in [9.17, 15) is 4.79 Å². The number of hydrogen-bond acceptors (Lipinski definition) is 2. The van der Waals surface area contributed by atoms with Crippen molar-refractivity contribution in [2.24, 2.45) is 0 Å². The zero-order valence-corrected chi connectivity index (χ0v) is 14.2. The summed E-state index contributed by atoms with van der Waals surface area (Å²) in [7, 11) is 1.59. The van der Waals surface area contributed by atoms with E-state index < -0.39 is 0 Å². The predicted molar refractivity (Wildman–Crippen MR) is 91.0 cm³/mol. The minimum atomic E-state index is -0.193. The van der Waals surface area contributed by atoms with Gasteiger partial charge in [0.15, 0.2) is 0 Å². The zero-order chi connectivity index (χ0) is 15.4. The van der Waals surface area contributed by atoms with Gasteiger partial charge in [0.25, 0.3) is 5.91 Å². The Morgan fingerprint density at radius 1 is 1.24 bits per heavy atom. The number of aryl methyl sites for hydroxylation is 1. The molecule has 0 unspecified atom stereocenters. The standard InChI is InChI=1S/C16H16BrClN2O/c1-10-3-4-11(7-14(10)17)9-20-12-5-6-15(18)13(8-12)16(21)19-2/h3-8,20H,9H2,1-2H3,(H,19,21). The SMILES string of the molecule is CNC(=O)c1cc(NCc2ccc(C)c(Br)c2)ccc1Cl. The van der Waals surface area contributed by atoms with Gasteiger partial charge >= 0.3 is 0 Å². The van der Waals surface area contributed by atoms with Crippen LogP contribution < -0.4 is 10.6 Å². The first-order valence-electron chi connectivity index (χ1n) is 6.52. The Hall–Kier alpha value is -1.52. The molecule has 0 aliphatic rings. The Kier molecular flexibility index (Phi) is 5.26. The lowest BCUT2D eigenvalue weighted by Gasteiger charge is -2.10. The van der Waals surface area contributed by atoms with E-state index >= 15 is 0 Å². The highest BCUT2D eigenvalue weighted by Gasteiger charge is 2.09. The van der Waals surface area contributed by atoms with Crippen LogP contribution in [0.15, 0.2) is 40.9 Å². The van der Waals surface area contributed by atoms with Gasteiger partial charge in [-0.05, 0) is 42.3 Å². The van der Waals surface area contributed by atoms with Gasteiger partial charge < -0.3 is 10.6 Å². The van der Waals surface area contributed by atoms with E-state index in [1.165, 1.54) is 5.56 Å². The Morgan fingerprint density at radius 2 is 2.00 bits per heavy atom. The third kappa shape index (κ3) is 3.99. The molecule has 2 aromatic rings. The average molecular weight is 368 g/mol. The molecule has 0 radical (unpaired) electrons. The topological polar surface area (TPSA) is 41.1 Å². The van der Waals surface area contributed by atoms with E-state index in [1.54, 1.807) is 19.2 Å². The number of nitrogens with one attached hydrogen (secondary N) is 2. The second-order valence-electron chi connectivity index (χ2n) is 4.71. The third-order valence-electron chi connectivity index (χ3n) is 3.17. The Labute approximate surface area is 137 Å². The number of carbonyl (C=O) groups is 1. The molecule has 0 heterocycles. The van der Waals surface area contributed by atoms with Gasteiger partial charge in [0.05, 0.1) is 10.6 Å². The molecule has 0 aliphatic heterocycles. The summed E-state index contributed by atoms with van der Waals surface area (Å²) in [4.78, 5) is 11.7. The monoisotopic (exact) mass is 366 g/mol. The van der Waals surface area contributed by atoms with Gasteiger partial charge in [-0.1, -0.05) is 39.7 Å². The van der Waals surface area contributed by atoms with E-state index in [1.807, 2.05) is 6.07 Å². The summed E-state index contributed by atoms with van der Waals surface area (Å²) in [5.41, 5.74) is 3.68. The molecular weight excluding hydrogens is 352 g/mol. The second kappa shape index (κ2) is 6.96. The summed E-state index contributed by atoms with van der Waals surface area (Å²) >= 11 is 9.55. The minimum Gasteiger partial charge on any atom is -0.381 e. The van der Waals surface area contributed by atoms with Crippen molar-refractivity contribution in [3.63, 3.8) is 0 Å². The summed E-state index contributed by atoms with van der Waals surface area (Å²) in [6.45, 7) is 2.73. The molecule has 2 rings (SSSR count). The van der Waals surface area contributed by atoms with Crippen LogP contribution in [0.5, 0.6) is 0 Å². The van der Waals surface area contributed by atoms with Crippen LogP contribution >= 0.6 is 27.5 Å². The zero-order valence-electron chi connectivity index (χ0n) is 11.8. The first-order chi connectivity index (χ1) is 10.0. The van der Waals surface area contributed by atoms with Crippen molar-refractivity contribution in [2.75, 3.05) is 12.4 Å². The molecule has 3 nitrogen and oxygen atoms in total. The molecule has 0 saturated carbocycles. The maximum atomic E-state index is 11.7. The fourth-order valence-electron chi connectivity index (χ4n) is 1.89. The number of benzene rings is 2. The molecule has 0 saturated heterocycles. The molecule has 0 bridgehead atoms. The molecule has 110 valence electrons. The van der Waals surface area contributed by atoms with Crippen LogP contribution in [0.4, 0.5) is 5.69 Å². The number of amides is 1. The van der Waals surface area contributed by atoms with Crippen LogP contribution in [-0.4, -0.2) is 13.0 Å². The van der Waals surface area contributed by atoms with Crippen molar-refractivity contribution in [3.05, 3.63) is 62.6 Å². The van der Waals surface area contributed by atoms with Gasteiger partial charge in [0.1, 0.15) is 0 Å². The Morgan fingerprint density at radius 3 is 2.67 bits per heavy atom. The first-order valence-corrected chi connectivity index (χ1v) is 7.69.